The first-order valence-corrected chi connectivity index (χ1v) is 7.72. The Morgan fingerprint density at radius 3 is 2.65 bits per heavy atom. The second-order valence-corrected chi connectivity index (χ2v) is 5.86. The normalized spacial score (nSPS) is 10.7. The number of pyridine rings is 2. The van der Waals surface area contributed by atoms with Crippen molar-refractivity contribution in [2.24, 2.45) is 0 Å². The number of halogens is 1. The van der Waals surface area contributed by atoms with Gasteiger partial charge in [0, 0.05) is 34.9 Å². The number of nitrogens with zero attached hydrogens (tertiary/aromatic N) is 3. The van der Waals surface area contributed by atoms with Crippen LogP contribution in [0.1, 0.15) is 10.4 Å². The van der Waals surface area contributed by atoms with Crippen molar-refractivity contribution in [3.05, 3.63) is 58.8 Å². The van der Waals surface area contributed by atoms with Crippen LogP contribution in [0.25, 0.3) is 22.2 Å². The molecule has 116 valence electrons. The van der Waals surface area contributed by atoms with E-state index in [2.05, 4.69) is 25.9 Å². The highest BCUT2D eigenvalue weighted by Gasteiger charge is 2.17. The van der Waals surface area contributed by atoms with Gasteiger partial charge in [-0.3, -0.25) is 14.6 Å². The maximum absolute atomic E-state index is 12.6. The number of hydrogen-bond donors (Lipinski definition) is 0. The van der Waals surface area contributed by atoms with Crippen molar-refractivity contribution in [1.82, 2.24) is 15.0 Å². The molecule has 0 spiro atoms. The summed E-state index contributed by atoms with van der Waals surface area (Å²) >= 11 is 3.42. The van der Waals surface area contributed by atoms with Gasteiger partial charge in [-0.05, 0) is 24.3 Å². The Bertz CT molecular complexity index is 865. The molecule has 0 radical (unpaired) electrons. The van der Waals surface area contributed by atoms with Crippen LogP contribution in [0.2, 0.25) is 0 Å². The van der Waals surface area contributed by atoms with Gasteiger partial charge in [-0.15, -0.1) is 0 Å². The molecule has 0 unspecified atom stereocenters. The molecule has 0 aliphatic rings. The van der Waals surface area contributed by atoms with Crippen molar-refractivity contribution in [2.45, 2.75) is 0 Å². The summed E-state index contributed by atoms with van der Waals surface area (Å²) in [6.07, 6.45) is 3.30. The van der Waals surface area contributed by atoms with Crippen molar-refractivity contribution >= 4 is 32.7 Å². The van der Waals surface area contributed by atoms with Crippen LogP contribution in [0.15, 0.2) is 53.3 Å². The van der Waals surface area contributed by atoms with Gasteiger partial charge in [0.2, 0.25) is 0 Å². The second-order valence-electron chi connectivity index (χ2n) is 4.94. The van der Waals surface area contributed by atoms with Gasteiger partial charge in [0.1, 0.15) is 0 Å². The minimum atomic E-state index is -0.244. The van der Waals surface area contributed by atoms with E-state index < -0.39 is 0 Å². The summed E-state index contributed by atoms with van der Waals surface area (Å²) < 4.78 is 0.988. The van der Waals surface area contributed by atoms with Gasteiger partial charge in [0.05, 0.1) is 23.9 Å². The molecule has 1 aromatic carbocycles. The molecule has 5 nitrogen and oxygen atoms in total. The lowest BCUT2D eigenvalue weighted by molar-refractivity contribution is -0.0755. The van der Waals surface area contributed by atoms with Crippen molar-refractivity contribution in [2.75, 3.05) is 14.2 Å². The van der Waals surface area contributed by atoms with E-state index in [9.17, 15) is 4.79 Å². The fourth-order valence-corrected chi connectivity index (χ4v) is 2.53. The third-order valence-corrected chi connectivity index (χ3v) is 4.07. The number of benzene rings is 1. The number of hydroxylamine groups is 2. The van der Waals surface area contributed by atoms with Crippen LogP contribution in [-0.2, 0) is 4.84 Å². The molecule has 0 aliphatic carbocycles. The van der Waals surface area contributed by atoms with Gasteiger partial charge in [-0.1, -0.05) is 28.1 Å². The quantitative estimate of drug-likeness (QED) is 0.658. The van der Waals surface area contributed by atoms with E-state index >= 15 is 0 Å². The van der Waals surface area contributed by atoms with Crippen LogP contribution in [0.4, 0.5) is 0 Å². The minimum Gasteiger partial charge on any atom is -0.274 e. The monoisotopic (exact) mass is 371 g/mol. The van der Waals surface area contributed by atoms with Gasteiger partial charge in [0.15, 0.2) is 0 Å². The number of fused-ring (bicyclic) bond motifs is 1. The Morgan fingerprint density at radius 2 is 1.96 bits per heavy atom. The average molecular weight is 372 g/mol. The van der Waals surface area contributed by atoms with Crippen molar-refractivity contribution in [3.63, 3.8) is 0 Å². The van der Waals surface area contributed by atoms with E-state index in [-0.39, 0.29) is 5.91 Å². The molecule has 3 rings (SSSR count). The number of carbonyl (C=O) groups is 1. The topological polar surface area (TPSA) is 55.3 Å². The number of rotatable bonds is 3. The first-order chi connectivity index (χ1) is 11.1. The van der Waals surface area contributed by atoms with E-state index in [4.69, 9.17) is 4.84 Å². The largest absolute Gasteiger partial charge is 0.277 e. The highest BCUT2D eigenvalue weighted by Crippen LogP contribution is 2.26. The van der Waals surface area contributed by atoms with E-state index in [0.29, 0.717) is 16.5 Å². The summed E-state index contributed by atoms with van der Waals surface area (Å²) in [4.78, 5) is 26.3. The van der Waals surface area contributed by atoms with Crippen LogP contribution in [0.3, 0.4) is 0 Å². The zero-order valence-electron chi connectivity index (χ0n) is 12.7. The predicted octanol–water partition coefficient (Wildman–Crippen LogP) is 3.69. The molecule has 23 heavy (non-hydrogen) atoms. The van der Waals surface area contributed by atoms with Gasteiger partial charge in [0.25, 0.3) is 5.91 Å². The molecule has 3 aromatic rings. The lowest BCUT2D eigenvalue weighted by atomic mass is 10.0. The molecule has 0 N–H and O–H groups in total. The number of aromatic nitrogens is 2. The van der Waals surface area contributed by atoms with Crippen molar-refractivity contribution in [1.29, 1.82) is 0 Å². The summed E-state index contributed by atoms with van der Waals surface area (Å²) in [6.45, 7) is 0. The van der Waals surface area contributed by atoms with Crippen LogP contribution in [0, 0.1) is 0 Å². The van der Waals surface area contributed by atoms with Gasteiger partial charge in [-0.25, -0.2) is 10.0 Å². The minimum absolute atomic E-state index is 0.244. The fraction of sp³-hybridized carbons (Fsp3) is 0.118. The Morgan fingerprint density at radius 1 is 1.22 bits per heavy atom. The first kappa shape index (κ1) is 15.6. The first-order valence-electron chi connectivity index (χ1n) is 6.93. The lowest BCUT2D eigenvalue weighted by Crippen LogP contribution is -2.25. The standard InChI is InChI=1S/C17H14BrN3O2/c1-21(23-2)17(22)13-9-16(11-3-5-12(18)6-4-11)20-15-7-8-19-10-14(13)15/h3-10H,1-2H3. The number of amides is 1. The Hall–Kier alpha value is -2.31. The maximum atomic E-state index is 12.6. The summed E-state index contributed by atoms with van der Waals surface area (Å²) in [6, 6.07) is 11.3. The molecule has 0 bridgehead atoms. The highest BCUT2D eigenvalue weighted by atomic mass is 79.9. The predicted molar refractivity (Wildman–Crippen MR) is 91.8 cm³/mol. The molecular weight excluding hydrogens is 358 g/mol. The summed E-state index contributed by atoms with van der Waals surface area (Å²) in [5.41, 5.74) is 2.88. The van der Waals surface area contributed by atoms with E-state index in [1.807, 2.05) is 24.3 Å². The zero-order valence-corrected chi connectivity index (χ0v) is 14.2. The number of carbonyl (C=O) groups excluding carboxylic acids is 1. The summed E-state index contributed by atoms with van der Waals surface area (Å²) in [5, 5.41) is 1.88. The second kappa shape index (κ2) is 6.44. The molecule has 0 saturated heterocycles. The number of hydrogen-bond acceptors (Lipinski definition) is 4. The molecule has 0 aliphatic heterocycles. The van der Waals surface area contributed by atoms with Gasteiger partial charge >= 0.3 is 0 Å². The fourth-order valence-electron chi connectivity index (χ4n) is 2.27. The Kier molecular flexibility index (Phi) is 4.36. The SMILES string of the molecule is CON(C)C(=O)c1cc(-c2ccc(Br)cc2)nc2ccncc12. The smallest absolute Gasteiger partial charge is 0.274 e. The molecule has 0 fully saturated rings. The summed E-state index contributed by atoms with van der Waals surface area (Å²) in [7, 11) is 3.03. The molecule has 1 amide bonds. The molecular formula is C17H14BrN3O2. The molecule has 6 heteroatoms. The maximum Gasteiger partial charge on any atom is 0.277 e. The van der Waals surface area contributed by atoms with Crippen LogP contribution < -0.4 is 0 Å². The molecule has 2 aromatic heterocycles. The summed E-state index contributed by atoms with van der Waals surface area (Å²) in [5.74, 6) is -0.244. The Balaban J connectivity index is 2.21. The van der Waals surface area contributed by atoms with Crippen LogP contribution in [-0.4, -0.2) is 35.1 Å². The average Bonchev–Trinajstić information content (AvgIpc) is 2.60. The molecule has 0 atom stereocenters. The van der Waals surface area contributed by atoms with Crippen molar-refractivity contribution < 1.29 is 9.63 Å². The van der Waals surface area contributed by atoms with Gasteiger partial charge in [-0.2, -0.15) is 0 Å². The molecule has 0 saturated carbocycles. The van der Waals surface area contributed by atoms with E-state index in [1.165, 1.54) is 12.2 Å². The van der Waals surface area contributed by atoms with Crippen LogP contribution in [0.5, 0.6) is 0 Å². The molecule has 2 heterocycles. The third kappa shape index (κ3) is 3.09. The lowest BCUT2D eigenvalue weighted by Gasteiger charge is -2.15. The van der Waals surface area contributed by atoms with Gasteiger partial charge < -0.3 is 0 Å². The highest BCUT2D eigenvalue weighted by molar-refractivity contribution is 9.10. The van der Waals surface area contributed by atoms with E-state index in [0.717, 1.165) is 15.7 Å². The van der Waals surface area contributed by atoms with Crippen molar-refractivity contribution in [3.8, 4) is 11.3 Å². The van der Waals surface area contributed by atoms with Crippen LogP contribution >= 0.6 is 15.9 Å². The zero-order chi connectivity index (χ0) is 16.4. The van der Waals surface area contributed by atoms with E-state index in [1.54, 1.807) is 31.6 Å². The Labute approximate surface area is 142 Å². The third-order valence-electron chi connectivity index (χ3n) is 3.54.